The van der Waals surface area contributed by atoms with E-state index in [1.54, 1.807) is 0 Å². The molecule has 5 nitrogen and oxygen atoms in total. The van der Waals surface area contributed by atoms with Crippen molar-refractivity contribution in [2.75, 3.05) is 19.7 Å². The van der Waals surface area contributed by atoms with Crippen molar-refractivity contribution < 1.29 is 9.53 Å². The van der Waals surface area contributed by atoms with Crippen LogP contribution in [0.4, 0.5) is 0 Å². The van der Waals surface area contributed by atoms with Crippen LogP contribution in [0.5, 0.6) is 0 Å². The molecule has 16 heavy (non-hydrogen) atoms. The van der Waals surface area contributed by atoms with Crippen molar-refractivity contribution in [1.82, 2.24) is 10.3 Å². The van der Waals surface area contributed by atoms with Gasteiger partial charge >= 0.3 is 0 Å². The fourth-order valence-electron chi connectivity index (χ4n) is 2.77. The number of carbonyl (C=O) groups is 1. The monoisotopic (exact) mass is 227 g/mol. The van der Waals surface area contributed by atoms with E-state index < -0.39 is 0 Å². The largest absolute Gasteiger partial charge is 0.375 e. The lowest BCUT2D eigenvalue weighted by Crippen LogP contribution is -2.53. The van der Waals surface area contributed by atoms with E-state index in [4.69, 9.17) is 10.6 Å². The molecule has 0 radical (unpaired) electrons. The molecule has 0 aromatic rings. The Bertz CT molecular complexity index is 245. The van der Waals surface area contributed by atoms with Crippen molar-refractivity contribution in [2.45, 2.75) is 44.2 Å². The summed E-state index contributed by atoms with van der Waals surface area (Å²) in [4.78, 5) is 13.5. The van der Waals surface area contributed by atoms with Crippen LogP contribution in [0.2, 0.25) is 0 Å². The zero-order valence-corrected chi connectivity index (χ0v) is 9.65. The molecule has 2 fully saturated rings. The summed E-state index contributed by atoms with van der Waals surface area (Å²) >= 11 is 0. The van der Waals surface area contributed by atoms with Crippen LogP contribution >= 0.6 is 0 Å². The number of nitrogens with one attached hydrogen (secondary N) is 1. The summed E-state index contributed by atoms with van der Waals surface area (Å²) in [7, 11) is 0. The highest BCUT2D eigenvalue weighted by Gasteiger charge is 2.33. The van der Waals surface area contributed by atoms with Crippen LogP contribution in [-0.2, 0) is 9.53 Å². The van der Waals surface area contributed by atoms with Gasteiger partial charge in [-0.1, -0.05) is 12.8 Å². The van der Waals surface area contributed by atoms with Crippen LogP contribution in [0.15, 0.2) is 0 Å². The summed E-state index contributed by atoms with van der Waals surface area (Å²) in [6, 6.07) is 0.521. The van der Waals surface area contributed by atoms with Gasteiger partial charge < -0.3 is 4.74 Å². The second-order valence-electron chi connectivity index (χ2n) is 4.61. The average Bonchev–Trinajstić information content (AvgIpc) is 2.35. The lowest BCUT2D eigenvalue weighted by Gasteiger charge is -2.43. The Balaban J connectivity index is 1.85. The van der Waals surface area contributed by atoms with Crippen molar-refractivity contribution in [2.24, 2.45) is 5.84 Å². The van der Waals surface area contributed by atoms with E-state index in [0.29, 0.717) is 18.6 Å². The third-order valence-corrected chi connectivity index (χ3v) is 3.63. The maximum Gasteiger partial charge on any atom is 0.235 e. The number of ether oxygens (including phenoxy) is 1. The minimum atomic E-state index is -0.0844. The Morgan fingerprint density at radius 1 is 1.44 bits per heavy atom. The van der Waals surface area contributed by atoms with E-state index in [1.807, 2.05) is 0 Å². The van der Waals surface area contributed by atoms with Gasteiger partial charge in [-0.05, 0) is 12.8 Å². The molecule has 0 spiro atoms. The van der Waals surface area contributed by atoms with Gasteiger partial charge in [0.1, 0.15) is 0 Å². The maximum atomic E-state index is 11.1. The first-order valence-electron chi connectivity index (χ1n) is 6.16. The molecule has 1 amide bonds. The third-order valence-electron chi connectivity index (χ3n) is 3.63. The van der Waals surface area contributed by atoms with E-state index in [2.05, 4.69) is 10.3 Å². The van der Waals surface area contributed by atoms with Gasteiger partial charge in [0.25, 0.3) is 0 Å². The van der Waals surface area contributed by atoms with Crippen LogP contribution in [0.25, 0.3) is 0 Å². The van der Waals surface area contributed by atoms with E-state index >= 15 is 0 Å². The summed E-state index contributed by atoms with van der Waals surface area (Å²) in [5, 5.41) is 0. The number of fused-ring (bicyclic) bond motifs is 1. The van der Waals surface area contributed by atoms with E-state index in [9.17, 15) is 4.79 Å². The molecule has 0 aromatic heterocycles. The van der Waals surface area contributed by atoms with Gasteiger partial charge in [0.15, 0.2) is 0 Å². The predicted molar refractivity (Wildman–Crippen MR) is 60.5 cm³/mol. The van der Waals surface area contributed by atoms with Gasteiger partial charge in [-0.25, -0.2) is 5.84 Å². The normalized spacial score (nSPS) is 30.8. The lowest BCUT2D eigenvalue weighted by atomic mass is 9.90. The zero-order valence-electron chi connectivity index (χ0n) is 9.65. The molecule has 1 aliphatic heterocycles. The van der Waals surface area contributed by atoms with Gasteiger partial charge in [0.2, 0.25) is 5.91 Å². The van der Waals surface area contributed by atoms with Gasteiger partial charge in [-0.15, -0.1) is 0 Å². The molecule has 1 saturated heterocycles. The fourth-order valence-corrected chi connectivity index (χ4v) is 2.77. The smallest absolute Gasteiger partial charge is 0.235 e. The summed E-state index contributed by atoms with van der Waals surface area (Å²) in [5.41, 5.74) is 2.18. The maximum absolute atomic E-state index is 11.1. The first-order valence-corrected chi connectivity index (χ1v) is 6.16. The number of rotatable bonds is 3. The number of hydrogen-bond donors (Lipinski definition) is 2. The molecule has 2 unspecified atom stereocenters. The topological polar surface area (TPSA) is 67.6 Å². The first kappa shape index (κ1) is 11.8. The van der Waals surface area contributed by atoms with Crippen LogP contribution in [0.3, 0.4) is 0 Å². The summed E-state index contributed by atoms with van der Waals surface area (Å²) in [5.74, 6) is 4.99. The number of amides is 1. The predicted octanol–water partition coefficient (Wildman–Crippen LogP) is 0.00980. The molecule has 1 saturated carbocycles. The number of hydrogen-bond acceptors (Lipinski definition) is 4. The van der Waals surface area contributed by atoms with E-state index in [-0.39, 0.29) is 5.91 Å². The SMILES string of the molecule is NNC(=O)CCN1CCOC2CCCCC21. The minimum absolute atomic E-state index is 0.0844. The van der Waals surface area contributed by atoms with Crippen LogP contribution in [0.1, 0.15) is 32.1 Å². The first-order chi connectivity index (χ1) is 7.81. The molecule has 2 aliphatic rings. The number of carbonyl (C=O) groups excluding carboxylic acids is 1. The highest BCUT2D eigenvalue weighted by atomic mass is 16.5. The van der Waals surface area contributed by atoms with Crippen molar-refractivity contribution in [3.8, 4) is 0 Å². The molecule has 0 aromatic carbocycles. The second kappa shape index (κ2) is 5.61. The molecule has 3 N–H and O–H groups in total. The number of morpholine rings is 1. The molecule has 2 atom stereocenters. The molecular weight excluding hydrogens is 206 g/mol. The molecule has 2 rings (SSSR count). The van der Waals surface area contributed by atoms with Gasteiger partial charge in [-0.2, -0.15) is 0 Å². The standard InChI is InChI=1S/C11H21N3O2/c12-13-11(15)5-6-14-7-8-16-10-4-2-1-3-9(10)14/h9-10H,1-8,12H2,(H,13,15). The van der Waals surface area contributed by atoms with Crippen LogP contribution < -0.4 is 11.3 Å². The zero-order chi connectivity index (χ0) is 11.4. The second-order valence-corrected chi connectivity index (χ2v) is 4.61. The van der Waals surface area contributed by atoms with Crippen LogP contribution in [0, 0.1) is 0 Å². The number of nitrogens with zero attached hydrogens (tertiary/aromatic N) is 1. The van der Waals surface area contributed by atoms with Gasteiger partial charge in [-0.3, -0.25) is 15.1 Å². The Morgan fingerprint density at radius 2 is 2.25 bits per heavy atom. The summed E-state index contributed by atoms with van der Waals surface area (Å²) < 4.78 is 5.78. The molecule has 0 bridgehead atoms. The third kappa shape index (κ3) is 2.72. The van der Waals surface area contributed by atoms with Crippen molar-refractivity contribution in [1.29, 1.82) is 0 Å². The summed E-state index contributed by atoms with van der Waals surface area (Å²) in [6.45, 7) is 2.54. The highest BCUT2D eigenvalue weighted by molar-refractivity contribution is 5.75. The highest BCUT2D eigenvalue weighted by Crippen LogP contribution is 2.28. The number of nitrogens with two attached hydrogens (primary N) is 1. The summed E-state index contributed by atoms with van der Waals surface area (Å²) in [6.07, 6.45) is 5.81. The molecule has 1 aliphatic carbocycles. The van der Waals surface area contributed by atoms with Gasteiger partial charge in [0.05, 0.1) is 12.7 Å². The Labute approximate surface area is 96.3 Å². The Kier molecular flexibility index (Phi) is 4.15. The Morgan fingerprint density at radius 3 is 3.06 bits per heavy atom. The minimum Gasteiger partial charge on any atom is -0.375 e. The quantitative estimate of drug-likeness (QED) is 0.405. The molecule has 1 heterocycles. The van der Waals surface area contributed by atoms with Gasteiger partial charge in [0, 0.05) is 25.6 Å². The van der Waals surface area contributed by atoms with Crippen molar-refractivity contribution >= 4 is 5.91 Å². The Hall–Kier alpha value is -0.650. The molecule has 5 heteroatoms. The molecule has 92 valence electrons. The average molecular weight is 227 g/mol. The van der Waals surface area contributed by atoms with Crippen molar-refractivity contribution in [3.05, 3.63) is 0 Å². The van der Waals surface area contributed by atoms with E-state index in [1.165, 1.54) is 25.7 Å². The van der Waals surface area contributed by atoms with Crippen LogP contribution in [-0.4, -0.2) is 42.6 Å². The lowest BCUT2D eigenvalue weighted by molar-refractivity contribution is -0.123. The molecular formula is C11H21N3O2. The van der Waals surface area contributed by atoms with E-state index in [0.717, 1.165) is 19.7 Å². The fraction of sp³-hybridized carbons (Fsp3) is 0.909. The van der Waals surface area contributed by atoms with Crippen molar-refractivity contribution in [3.63, 3.8) is 0 Å². The number of hydrazine groups is 1.